The fourth-order valence-electron chi connectivity index (χ4n) is 3.44. The first-order valence-corrected chi connectivity index (χ1v) is 14.1. The Bertz CT molecular complexity index is 1280. The third-order valence-electron chi connectivity index (χ3n) is 5.67. The number of hydrogen-bond acceptors (Lipinski definition) is 8. The van der Waals surface area contributed by atoms with Gasteiger partial charge in [-0.3, -0.25) is 4.18 Å². The molecule has 0 radical (unpaired) electrons. The van der Waals surface area contributed by atoms with Gasteiger partial charge in [0, 0.05) is 5.69 Å². The zero-order valence-corrected chi connectivity index (χ0v) is 23.1. The summed E-state index contributed by atoms with van der Waals surface area (Å²) in [4.78, 5) is 12.7. The number of anilines is 1. The highest BCUT2D eigenvalue weighted by atomic mass is 32.2. The number of carbonyl (C=O) groups is 1. The summed E-state index contributed by atoms with van der Waals surface area (Å²) in [5.41, 5.74) is 4.09. The van der Waals surface area contributed by atoms with Crippen LogP contribution in [0.15, 0.2) is 77.7 Å². The Labute approximate surface area is 231 Å². The molecule has 0 aliphatic rings. The lowest BCUT2D eigenvalue weighted by Crippen LogP contribution is -2.23. The van der Waals surface area contributed by atoms with Crippen LogP contribution in [-0.4, -0.2) is 68.7 Å². The third kappa shape index (κ3) is 10.7. The van der Waals surface area contributed by atoms with Gasteiger partial charge in [-0.15, -0.1) is 0 Å². The molecule has 0 aliphatic heterocycles. The summed E-state index contributed by atoms with van der Waals surface area (Å²) in [5.74, 6) is 0.751. The van der Waals surface area contributed by atoms with E-state index in [9.17, 15) is 13.2 Å². The van der Waals surface area contributed by atoms with Gasteiger partial charge >= 0.3 is 7.41 Å². The van der Waals surface area contributed by atoms with Gasteiger partial charge in [0.05, 0.1) is 37.9 Å². The summed E-state index contributed by atoms with van der Waals surface area (Å²) >= 11 is 0. The van der Waals surface area contributed by atoms with Crippen molar-refractivity contribution >= 4 is 41.6 Å². The minimum absolute atomic E-state index is 0.0587. The van der Waals surface area contributed by atoms with Crippen LogP contribution in [0.5, 0.6) is 5.75 Å². The number of rotatable bonds is 17. The predicted octanol–water partition coefficient (Wildman–Crippen LogP) is 3.96. The smallest absolute Gasteiger partial charge is 0.310 e. The van der Waals surface area contributed by atoms with Crippen molar-refractivity contribution in [2.24, 2.45) is 0 Å². The minimum atomic E-state index is -3.77. The van der Waals surface area contributed by atoms with Gasteiger partial charge in [-0.1, -0.05) is 54.1 Å². The molecule has 39 heavy (non-hydrogen) atoms. The first kappa shape index (κ1) is 30.1. The van der Waals surface area contributed by atoms with Gasteiger partial charge < -0.3 is 23.8 Å². The fourth-order valence-corrected chi connectivity index (χ4v) is 4.33. The Morgan fingerprint density at radius 1 is 0.744 bits per heavy atom. The number of carbonyl (C=O) groups excluding carboxylic acids is 1. The Balaban J connectivity index is 1.25. The molecular weight excluding hydrogens is 517 g/mol. The zero-order chi connectivity index (χ0) is 27.9. The van der Waals surface area contributed by atoms with Crippen LogP contribution < -0.4 is 9.55 Å². The van der Waals surface area contributed by atoms with E-state index < -0.39 is 10.1 Å². The average molecular weight is 551 g/mol. The molecule has 0 bridgehead atoms. The quantitative estimate of drug-likeness (QED) is 0.0819. The number of nitrogens with zero attached hydrogens (tertiary/aromatic N) is 1. The molecule has 3 rings (SSSR count). The molecule has 0 unspecified atom stereocenters. The maximum Gasteiger partial charge on any atom is 0.310 e. The van der Waals surface area contributed by atoms with Crippen molar-refractivity contribution in [3.63, 3.8) is 0 Å². The molecule has 0 saturated heterocycles. The molecule has 0 heterocycles. The number of benzene rings is 3. The van der Waals surface area contributed by atoms with Crippen molar-refractivity contribution < 1.29 is 31.6 Å². The van der Waals surface area contributed by atoms with Gasteiger partial charge in [-0.05, 0) is 61.5 Å². The molecule has 8 nitrogen and oxygen atoms in total. The van der Waals surface area contributed by atoms with Gasteiger partial charge in [0.15, 0.2) is 0 Å². The molecule has 3 aromatic rings. The molecule has 10 heteroatoms. The van der Waals surface area contributed by atoms with Gasteiger partial charge in [0.2, 0.25) is 0 Å². The van der Waals surface area contributed by atoms with Crippen LogP contribution in [0, 0.1) is 6.92 Å². The lowest BCUT2D eigenvalue weighted by molar-refractivity contribution is 0.0279. The largest absolute Gasteiger partial charge is 0.491 e. The van der Waals surface area contributed by atoms with Gasteiger partial charge in [0.1, 0.15) is 18.5 Å². The van der Waals surface area contributed by atoms with Crippen molar-refractivity contribution in [2.45, 2.75) is 11.8 Å². The van der Waals surface area contributed by atoms with Crippen molar-refractivity contribution in [1.29, 1.82) is 0 Å². The van der Waals surface area contributed by atoms with Crippen LogP contribution in [0.25, 0.3) is 12.2 Å². The molecule has 0 N–H and O–H groups in total. The monoisotopic (exact) mass is 551 g/mol. The van der Waals surface area contributed by atoms with Crippen molar-refractivity contribution in [2.75, 3.05) is 51.5 Å². The molecule has 0 saturated carbocycles. The van der Waals surface area contributed by atoms with E-state index in [4.69, 9.17) is 18.4 Å². The molecule has 206 valence electrons. The highest BCUT2D eigenvalue weighted by Gasteiger charge is 2.14. The maximum absolute atomic E-state index is 12.1. The van der Waals surface area contributed by atoms with E-state index in [1.165, 1.54) is 12.1 Å². The summed E-state index contributed by atoms with van der Waals surface area (Å²) in [6.07, 6.45) is 4.94. The van der Waals surface area contributed by atoms with E-state index in [1.807, 2.05) is 79.5 Å². The molecule has 0 atom stereocenters. The van der Waals surface area contributed by atoms with E-state index in [1.54, 1.807) is 12.1 Å². The molecular formula is C29H34BNO7S. The molecule has 0 spiro atoms. The Kier molecular flexibility index (Phi) is 12.2. The first-order chi connectivity index (χ1) is 18.9. The number of ether oxygens (including phenoxy) is 3. The maximum atomic E-state index is 12.1. The van der Waals surface area contributed by atoms with Crippen LogP contribution >= 0.6 is 0 Å². The van der Waals surface area contributed by atoms with Crippen LogP contribution in [0.1, 0.15) is 16.7 Å². The third-order valence-corrected chi connectivity index (χ3v) is 7.00. The second-order valence-corrected chi connectivity index (χ2v) is 10.3. The molecule has 0 aliphatic carbocycles. The van der Waals surface area contributed by atoms with Gasteiger partial charge in [-0.2, -0.15) is 8.42 Å². The van der Waals surface area contributed by atoms with Crippen LogP contribution in [-0.2, 0) is 28.6 Å². The van der Waals surface area contributed by atoms with E-state index in [0.717, 1.165) is 34.3 Å². The van der Waals surface area contributed by atoms with Crippen molar-refractivity contribution in [3.8, 4) is 5.75 Å². The summed E-state index contributed by atoms with van der Waals surface area (Å²) in [6.45, 7) is 3.48. The minimum Gasteiger partial charge on any atom is -0.491 e. The van der Waals surface area contributed by atoms with E-state index in [-0.39, 0.29) is 18.1 Å². The van der Waals surface area contributed by atoms with Crippen molar-refractivity contribution in [3.05, 3.63) is 89.5 Å². The Hall–Kier alpha value is -3.44. The normalized spacial score (nSPS) is 11.4. The zero-order valence-electron chi connectivity index (χ0n) is 22.3. The second-order valence-electron chi connectivity index (χ2n) is 8.70. The average Bonchev–Trinajstić information content (AvgIpc) is 2.94. The second kappa shape index (κ2) is 15.9. The lowest BCUT2D eigenvalue weighted by atomic mass is 9.94. The SMILES string of the molecule is Cc1ccc(S(=O)(=O)OCCOCCOCCOc2ccc(/C=C/c3ccc(N(C)BC=O)cc3)cc2)cc1. The summed E-state index contributed by atoms with van der Waals surface area (Å²) in [6, 6.07) is 22.3. The van der Waals surface area contributed by atoms with Crippen molar-refractivity contribution in [1.82, 2.24) is 0 Å². The molecule has 0 fully saturated rings. The predicted molar refractivity (Wildman–Crippen MR) is 156 cm³/mol. The van der Waals surface area contributed by atoms with E-state index >= 15 is 0 Å². The molecule has 0 aromatic heterocycles. The van der Waals surface area contributed by atoms with E-state index in [2.05, 4.69) is 0 Å². The number of aryl methyl sites for hydroxylation is 1. The number of hydrogen-bond donors (Lipinski definition) is 0. The van der Waals surface area contributed by atoms with Crippen LogP contribution in [0.3, 0.4) is 0 Å². The fraction of sp³-hybridized carbons (Fsp3) is 0.276. The topological polar surface area (TPSA) is 91.4 Å². The summed E-state index contributed by atoms with van der Waals surface area (Å²) in [7, 11) is -1.53. The standard InChI is InChI=1S/C29H34BNO7S/c1-24-3-15-29(16-4-24)39(33,34)38-22-20-36-18-17-35-19-21-37-28-13-9-26(10-14-28)6-5-25-7-11-27(12-8-25)31(2)30-23-32/h3-16,23,30H,17-22H2,1-2H3/b6-5+. The summed E-state index contributed by atoms with van der Waals surface area (Å²) in [5, 5.41) is 0. The van der Waals surface area contributed by atoms with Crippen LogP contribution in [0.4, 0.5) is 5.69 Å². The molecule has 3 aromatic carbocycles. The van der Waals surface area contributed by atoms with Gasteiger partial charge in [0.25, 0.3) is 10.1 Å². The van der Waals surface area contributed by atoms with Gasteiger partial charge in [-0.25, -0.2) is 0 Å². The first-order valence-electron chi connectivity index (χ1n) is 12.6. The van der Waals surface area contributed by atoms with Crippen LogP contribution in [0.2, 0.25) is 0 Å². The summed E-state index contributed by atoms with van der Waals surface area (Å²) < 4.78 is 45.7. The molecule has 0 amide bonds. The Morgan fingerprint density at radius 3 is 1.87 bits per heavy atom. The lowest BCUT2D eigenvalue weighted by Gasteiger charge is -2.15. The van der Waals surface area contributed by atoms with E-state index in [0.29, 0.717) is 33.8 Å². The highest BCUT2D eigenvalue weighted by Crippen LogP contribution is 2.17. The highest BCUT2D eigenvalue weighted by molar-refractivity contribution is 7.86. The Morgan fingerprint density at radius 2 is 1.28 bits per heavy atom.